The average molecular weight is 842 g/mol. The Bertz CT molecular complexity index is 1930. The van der Waals surface area contributed by atoms with Gasteiger partial charge in [0.1, 0.15) is 23.9 Å². The number of rotatable bonds is 14. The Hall–Kier alpha value is -5.73. The molecular formula is C46H63N7O8. The quantitative estimate of drug-likeness (QED) is 0.155. The van der Waals surface area contributed by atoms with Crippen LogP contribution in [0.1, 0.15) is 84.2 Å². The normalized spacial score (nSPS) is 23.4. The van der Waals surface area contributed by atoms with Gasteiger partial charge in [-0.25, -0.2) is 9.59 Å². The lowest BCUT2D eigenvalue weighted by molar-refractivity contribution is -0.140. The smallest absolute Gasteiger partial charge is 0.407 e. The van der Waals surface area contributed by atoms with E-state index in [4.69, 9.17) is 9.47 Å². The molecule has 0 spiro atoms. The van der Waals surface area contributed by atoms with Gasteiger partial charge in [-0.2, -0.15) is 0 Å². The Morgan fingerprint density at radius 3 is 1.97 bits per heavy atom. The summed E-state index contributed by atoms with van der Waals surface area (Å²) in [6, 6.07) is 14.0. The van der Waals surface area contributed by atoms with Crippen LogP contribution in [0.5, 0.6) is 5.75 Å². The number of nitrogens with zero attached hydrogens (tertiary/aromatic N) is 3. The van der Waals surface area contributed by atoms with E-state index < -0.39 is 30.3 Å². The van der Waals surface area contributed by atoms with Crippen LogP contribution in [-0.2, 0) is 23.9 Å². The average Bonchev–Trinajstić information content (AvgIpc) is 4.05. The monoisotopic (exact) mass is 841 g/mol. The summed E-state index contributed by atoms with van der Waals surface area (Å²) in [5, 5.41) is 22.1. The number of carbonyl (C=O) groups is 5. The highest BCUT2D eigenvalue weighted by Crippen LogP contribution is 2.44. The first-order valence-electron chi connectivity index (χ1n) is 21.7. The minimum absolute atomic E-state index is 0.000752. The van der Waals surface area contributed by atoms with Crippen molar-refractivity contribution in [1.82, 2.24) is 25.8 Å². The molecule has 3 heterocycles. The highest BCUT2D eigenvalue weighted by molar-refractivity contribution is 5.92. The van der Waals surface area contributed by atoms with Crippen molar-refractivity contribution >= 4 is 41.3 Å². The van der Waals surface area contributed by atoms with Crippen molar-refractivity contribution in [3.8, 4) is 5.75 Å². The van der Waals surface area contributed by atoms with E-state index in [9.17, 15) is 29.1 Å². The van der Waals surface area contributed by atoms with Crippen molar-refractivity contribution in [2.75, 3.05) is 44.1 Å². The van der Waals surface area contributed by atoms with Gasteiger partial charge in [-0.1, -0.05) is 52.0 Å². The number of nitrogens with one attached hydrogen (secondary N) is 4. The molecule has 2 aromatic carbocycles. The maximum atomic E-state index is 13.6. The first kappa shape index (κ1) is 44.8. The second-order valence-electron chi connectivity index (χ2n) is 17.2. The minimum atomic E-state index is -0.800. The second-order valence-corrected chi connectivity index (χ2v) is 17.2. The molecule has 0 aromatic heterocycles. The van der Waals surface area contributed by atoms with E-state index >= 15 is 0 Å². The molecule has 0 saturated carbocycles. The third-order valence-electron chi connectivity index (χ3n) is 12.6. The highest BCUT2D eigenvalue weighted by Gasteiger charge is 2.41. The number of ether oxygens (including phenoxy) is 2. The van der Waals surface area contributed by atoms with Gasteiger partial charge in [-0.15, -0.1) is 0 Å². The SMILES string of the molecule is COC(=O)N[C@H](C(=O)N1CCC[C@H]1CNc1ccc([C@H]2CC[C@H](C3C=CC(NC(=O)[C@@H]4CCCN4C(=O)[C@@H](NC(=O)OC)C(C)C)=CC3)N2c2ccc(O)cc2)cc1)C(C)C. The predicted molar refractivity (Wildman–Crippen MR) is 233 cm³/mol. The second kappa shape index (κ2) is 20.2. The lowest BCUT2D eigenvalue weighted by atomic mass is 9.90. The summed E-state index contributed by atoms with van der Waals surface area (Å²) in [6.07, 6.45) is 10.5. The zero-order chi connectivity index (χ0) is 43.8. The molecule has 1 aliphatic carbocycles. The number of methoxy groups -OCH3 is 2. The summed E-state index contributed by atoms with van der Waals surface area (Å²) < 4.78 is 9.50. The van der Waals surface area contributed by atoms with Crippen LogP contribution in [0.2, 0.25) is 0 Å². The molecule has 1 unspecified atom stereocenters. The molecule has 3 fully saturated rings. The van der Waals surface area contributed by atoms with E-state index in [1.807, 2.05) is 50.8 Å². The number of phenolic OH excluding ortho intramolecular Hbond substituents is 1. The van der Waals surface area contributed by atoms with Crippen LogP contribution >= 0.6 is 0 Å². The third-order valence-corrected chi connectivity index (χ3v) is 12.6. The minimum Gasteiger partial charge on any atom is -0.508 e. The number of amides is 5. The maximum absolute atomic E-state index is 13.6. The standard InChI is InChI=1S/C46H63N7O8/c1-28(2)40(49-45(58)60-5)43(56)51-25-7-9-35(51)27-47-32-15-11-30(12-16-32)37-23-24-38(53(37)34-19-21-36(54)22-20-34)31-13-17-33(18-14-31)48-42(55)39-10-8-26-52(39)44(57)41(29(3)4)50-46(59)61-6/h11-13,15-22,28-29,31,35,37-41,47,54H,7-10,14,23-27H2,1-6H3,(H,48,55)(H,49,58)(H,50,59)/t31?,35-,37+,38+,39-,40-,41-/m0/s1. The van der Waals surface area contributed by atoms with Crippen LogP contribution in [0.15, 0.2) is 72.5 Å². The van der Waals surface area contributed by atoms with Crippen molar-refractivity contribution in [3.63, 3.8) is 0 Å². The predicted octanol–water partition coefficient (Wildman–Crippen LogP) is 5.83. The molecule has 0 radical (unpaired) electrons. The van der Waals surface area contributed by atoms with Crippen molar-refractivity contribution in [3.05, 3.63) is 78.0 Å². The van der Waals surface area contributed by atoms with Crippen LogP contribution in [0.25, 0.3) is 0 Å². The van der Waals surface area contributed by atoms with Gasteiger partial charge < -0.3 is 50.5 Å². The Morgan fingerprint density at radius 1 is 0.770 bits per heavy atom. The molecule has 5 N–H and O–H groups in total. The fourth-order valence-electron chi connectivity index (χ4n) is 9.28. The largest absolute Gasteiger partial charge is 0.508 e. The number of carbonyl (C=O) groups excluding carboxylic acids is 5. The number of aromatic hydroxyl groups is 1. The van der Waals surface area contributed by atoms with Crippen LogP contribution in [0, 0.1) is 17.8 Å². The lowest BCUT2D eigenvalue weighted by Gasteiger charge is -2.37. The summed E-state index contributed by atoms with van der Waals surface area (Å²) in [6.45, 7) is 9.19. The van der Waals surface area contributed by atoms with E-state index in [1.54, 1.807) is 17.0 Å². The molecular weight excluding hydrogens is 779 g/mol. The zero-order valence-corrected chi connectivity index (χ0v) is 36.3. The lowest BCUT2D eigenvalue weighted by Crippen LogP contribution is -2.55. The van der Waals surface area contributed by atoms with Crippen LogP contribution in [0.3, 0.4) is 0 Å². The van der Waals surface area contributed by atoms with E-state index in [1.165, 1.54) is 19.8 Å². The summed E-state index contributed by atoms with van der Waals surface area (Å²) in [7, 11) is 2.55. The number of alkyl carbamates (subject to hydrolysis) is 2. The number of anilines is 2. The van der Waals surface area contributed by atoms with Crippen molar-refractivity contribution < 1.29 is 38.6 Å². The maximum Gasteiger partial charge on any atom is 0.407 e. The van der Waals surface area contributed by atoms with E-state index in [0.717, 1.165) is 37.1 Å². The van der Waals surface area contributed by atoms with E-state index in [2.05, 4.69) is 62.6 Å². The topological polar surface area (TPSA) is 182 Å². The van der Waals surface area contributed by atoms with Gasteiger partial charge in [0, 0.05) is 54.7 Å². The molecule has 15 nitrogen and oxygen atoms in total. The summed E-state index contributed by atoms with van der Waals surface area (Å²) >= 11 is 0. The summed E-state index contributed by atoms with van der Waals surface area (Å²) in [5.74, 6) is -0.535. The van der Waals surface area contributed by atoms with Crippen molar-refractivity contribution in [2.24, 2.45) is 17.8 Å². The molecule has 2 aromatic rings. The van der Waals surface area contributed by atoms with Gasteiger partial charge in [-0.3, -0.25) is 14.4 Å². The molecule has 7 atom stereocenters. The molecule has 61 heavy (non-hydrogen) atoms. The molecule has 4 aliphatic rings. The Balaban J connectivity index is 1.09. The van der Waals surface area contributed by atoms with Crippen LogP contribution < -0.4 is 26.2 Å². The number of phenols is 1. The zero-order valence-electron chi connectivity index (χ0n) is 36.3. The van der Waals surface area contributed by atoms with Crippen molar-refractivity contribution in [2.45, 2.75) is 109 Å². The molecule has 6 rings (SSSR count). The van der Waals surface area contributed by atoms with E-state index in [0.29, 0.717) is 44.6 Å². The number of hydrogen-bond acceptors (Lipinski definition) is 10. The highest BCUT2D eigenvalue weighted by atomic mass is 16.5. The molecule has 5 amide bonds. The van der Waals surface area contributed by atoms with Gasteiger partial charge in [0.25, 0.3) is 0 Å². The van der Waals surface area contributed by atoms with Crippen LogP contribution in [-0.4, -0.2) is 109 Å². The number of allylic oxidation sites excluding steroid dienone is 2. The van der Waals surface area contributed by atoms with E-state index in [-0.39, 0.29) is 59.4 Å². The number of benzene rings is 2. The first-order valence-corrected chi connectivity index (χ1v) is 21.7. The fraction of sp³-hybridized carbons (Fsp3) is 0.543. The Kier molecular flexibility index (Phi) is 14.9. The molecule has 0 bridgehead atoms. The Morgan fingerprint density at radius 2 is 1.38 bits per heavy atom. The number of likely N-dealkylation sites (tertiary alicyclic amines) is 2. The third kappa shape index (κ3) is 10.6. The molecule has 330 valence electrons. The summed E-state index contributed by atoms with van der Waals surface area (Å²) in [4.78, 5) is 70.5. The van der Waals surface area contributed by atoms with Gasteiger partial charge in [-0.05, 0) is 105 Å². The number of hydrogen-bond donors (Lipinski definition) is 5. The van der Waals surface area contributed by atoms with Crippen molar-refractivity contribution in [1.29, 1.82) is 0 Å². The fourth-order valence-corrected chi connectivity index (χ4v) is 9.28. The molecule has 3 saturated heterocycles. The Labute approximate surface area is 359 Å². The van der Waals surface area contributed by atoms with Gasteiger partial charge in [0.05, 0.1) is 20.3 Å². The van der Waals surface area contributed by atoms with Gasteiger partial charge in [0.2, 0.25) is 17.7 Å². The van der Waals surface area contributed by atoms with Gasteiger partial charge in [0.15, 0.2) is 0 Å². The molecule has 15 heteroatoms. The molecule has 3 aliphatic heterocycles. The van der Waals surface area contributed by atoms with Crippen LogP contribution in [0.4, 0.5) is 21.0 Å². The first-order chi connectivity index (χ1) is 29.3. The summed E-state index contributed by atoms with van der Waals surface area (Å²) in [5.41, 5.74) is 3.85. The van der Waals surface area contributed by atoms with Gasteiger partial charge >= 0.3 is 12.2 Å².